The van der Waals surface area contributed by atoms with Crippen LogP contribution < -0.4 is 10.2 Å². The first-order valence-corrected chi connectivity index (χ1v) is 7.34. The van der Waals surface area contributed by atoms with Gasteiger partial charge in [-0.2, -0.15) is 0 Å². The zero-order valence-electron chi connectivity index (χ0n) is 11.8. The largest absolute Gasteiger partial charge is 0.371 e. The Labute approximate surface area is 123 Å². The highest BCUT2D eigenvalue weighted by atomic mass is 16.2. The molecule has 0 spiro atoms. The maximum absolute atomic E-state index is 11.8. The van der Waals surface area contributed by atoms with Gasteiger partial charge >= 0.3 is 0 Å². The predicted molar refractivity (Wildman–Crippen MR) is 78.0 cm³/mol. The van der Waals surface area contributed by atoms with E-state index in [2.05, 4.69) is 10.2 Å². The van der Waals surface area contributed by atoms with Crippen LogP contribution in [-0.4, -0.2) is 30.7 Å². The summed E-state index contributed by atoms with van der Waals surface area (Å²) >= 11 is 0. The van der Waals surface area contributed by atoms with E-state index in [-0.39, 0.29) is 17.7 Å². The molecule has 3 rings (SSSR count). The van der Waals surface area contributed by atoms with Crippen LogP contribution in [0.1, 0.15) is 37.2 Å². The van der Waals surface area contributed by atoms with Crippen LogP contribution in [0.15, 0.2) is 24.3 Å². The van der Waals surface area contributed by atoms with Crippen molar-refractivity contribution in [3.05, 3.63) is 29.8 Å². The third kappa shape index (κ3) is 2.96. The normalized spacial score (nSPS) is 23.1. The van der Waals surface area contributed by atoms with Gasteiger partial charge in [0, 0.05) is 38.0 Å². The molecule has 2 fully saturated rings. The maximum Gasteiger partial charge on any atom is 0.234 e. The van der Waals surface area contributed by atoms with Gasteiger partial charge in [-0.1, -0.05) is 12.1 Å². The van der Waals surface area contributed by atoms with Crippen molar-refractivity contribution in [1.29, 1.82) is 0 Å². The summed E-state index contributed by atoms with van der Waals surface area (Å²) in [6.45, 7) is 1.52. The molecule has 0 aliphatic carbocycles. The average Bonchev–Trinajstić information content (AvgIpc) is 2.48. The van der Waals surface area contributed by atoms with Crippen LogP contribution in [0.25, 0.3) is 0 Å². The molecule has 2 heterocycles. The van der Waals surface area contributed by atoms with Gasteiger partial charge in [0.1, 0.15) is 5.78 Å². The van der Waals surface area contributed by atoms with Crippen molar-refractivity contribution in [2.45, 2.75) is 31.6 Å². The SMILES string of the molecule is O=C1CCN(c2ccc(C3CCC(=O)NC3=O)cc2)CC1. The van der Waals surface area contributed by atoms with E-state index >= 15 is 0 Å². The Morgan fingerprint density at radius 1 is 0.952 bits per heavy atom. The summed E-state index contributed by atoms with van der Waals surface area (Å²) in [5, 5.41) is 2.38. The van der Waals surface area contributed by atoms with Gasteiger partial charge in [-0.15, -0.1) is 0 Å². The smallest absolute Gasteiger partial charge is 0.234 e. The summed E-state index contributed by atoms with van der Waals surface area (Å²) < 4.78 is 0. The number of hydrogen-bond acceptors (Lipinski definition) is 4. The Balaban J connectivity index is 1.70. The molecule has 2 amide bonds. The number of imide groups is 1. The molecular weight excluding hydrogens is 268 g/mol. The molecule has 2 aliphatic heterocycles. The van der Waals surface area contributed by atoms with E-state index in [1.54, 1.807) is 0 Å². The minimum atomic E-state index is -0.236. The average molecular weight is 286 g/mol. The first-order valence-electron chi connectivity index (χ1n) is 7.34. The Kier molecular flexibility index (Phi) is 3.73. The van der Waals surface area contributed by atoms with Crippen molar-refractivity contribution in [3.63, 3.8) is 0 Å². The van der Waals surface area contributed by atoms with Gasteiger partial charge < -0.3 is 4.90 Å². The van der Waals surface area contributed by atoms with Crippen molar-refractivity contribution in [2.24, 2.45) is 0 Å². The number of amides is 2. The number of Topliss-reactive ketones (excluding diaryl/α,β-unsaturated/α-hetero) is 1. The number of benzene rings is 1. The van der Waals surface area contributed by atoms with Crippen molar-refractivity contribution in [2.75, 3.05) is 18.0 Å². The second kappa shape index (κ2) is 5.68. The van der Waals surface area contributed by atoms with Gasteiger partial charge in [-0.05, 0) is 24.1 Å². The van der Waals surface area contributed by atoms with Crippen LogP contribution in [0.2, 0.25) is 0 Å². The standard InChI is InChI=1S/C16H18N2O3/c19-13-7-9-18(10-8-13)12-3-1-11(2-4-12)14-5-6-15(20)17-16(14)21/h1-4,14H,5-10H2,(H,17,20,21). The van der Waals surface area contributed by atoms with Gasteiger partial charge in [0.15, 0.2) is 0 Å². The number of hydrogen-bond donors (Lipinski definition) is 1. The predicted octanol–water partition coefficient (Wildman–Crippen LogP) is 1.38. The molecule has 1 N–H and O–H groups in total. The summed E-state index contributed by atoms with van der Waals surface area (Å²) in [4.78, 5) is 36.5. The molecule has 2 saturated heterocycles. The number of ketones is 1. The Morgan fingerprint density at radius 3 is 2.24 bits per heavy atom. The summed E-state index contributed by atoms with van der Waals surface area (Å²) in [6.07, 6.45) is 2.18. The third-order valence-corrected chi connectivity index (χ3v) is 4.22. The van der Waals surface area contributed by atoms with Crippen LogP contribution in [0.5, 0.6) is 0 Å². The summed E-state index contributed by atoms with van der Waals surface area (Å²) in [5.74, 6) is -0.306. The minimum Gasteiger partial charge on any atom is -0.371 e. The second-order valence-corrected chi connectivity index (χ2v) is 5.62. The van der Waals surface area contributed by atoms with Crippen LogP contribution in [0.3, 0.4) is 0 Å². The van der Waals surface area contributed by atoms with Crippen molar-refractivity contribution in [3.8, 4) is 0 Å². The van der Waals surface area contributed by atoms with E-state index in [0.717, 1.165) is 24.3 Å². The minimum absolute atomic E-state index is 0.189. The maximum atomic E-state index is 11.8. The molecule has 1 unspecified atom stereocenters. The number of carbonyl (C=O) groups is 3. The summed E-state index contributed by atoms with van der Waals surface area (Å²) in [5.41, 5.74) is 2.02. The lowest BCUT2D eigenvalue weighted by atomic mass is 9.90. The lowest BCUT2D eigenvalue weighted by Gasteiger charge is -2.28. The van der Waals surface area contributed by atoms with Crippen LogP contribution >= 0.6 is 0 Å². The van der Waals surface area contributed by atoms with Crippen molar-refractivity contribution in [1.82, 2.24) is 5.32 Å². The molecule has 1 atom stereocenters. The zero-order valence-corrected chi connectivity index (χ0v) is 11.8. The van der Waals surface area contributed by atoms with Crippen molar-refractivity contribution >= 4 is 23.3 Å². The highest BCUT2D eigenvalue weighted by molar-refractivity contribution is 6.00. The molecule has 0 radical (unpaired) electrons. The zero-order chi connectivity index (χ0) is 14.8. The summed E-state index contributed by atoms with van der Waals surface area (Å²) in [7, 11) is 0. The van der Waals surface area contributed by atoms with Gasteiger partial charge in [0.2, 0.25) is 11.8 Å². The fourth-order valence-corrected chi connectivity index (χ4v) is 2.94. The number of anilines is 1. The molecule has 0 bridgehead atoms. The topological polar surface area (TPSA) is 66.5 Å². The quantitative estimate of drug-likeness (QED) is 0.834. The Bertz CT molecular complexity index is 570. The highest BCUT2D eigenvalue weighted by Crippen LogP contribution is 2.27. The third-order valence-electron chi connectivity index (χ3n) is 4.22. The van der Waals surface area contributed by atoms with E-state index in [4.69, 9.17) is 0 Å². The number of rotatable bonds is 2. The monoisotopic (exact) mass is 286 g/mol. The first-order chi connectivity index (χ1) is 10.1. The molecule has 1 aromatic carbocycles. The van der Waals surface area contributed by atoms with Crippen molar-refractivity contribution < 1.29 is 14.4 Å². The number of piperidine rings is 2. The fraction of sp³-hybridized carbons (Fsp3) is 0.438. The highest BCUT2D eigenvalue weighted by Gasteiger charge is 2.28. The number of carbonyl (C=O) groups excluding carboxylic acids is 3. The molecule has 21 heavy (non-hydrogen) atoms. The van der Waals surface area contributed by atoms with Crippen LogP contribution in [-0.2, 0) is 14.4 Å². The number of nitrogens with zero attached hydrogens (tertiary/aromatic N) is 1. The molecule has 110 valence electrons. The first kappa shape index (κ1) is 13.8. The Morgan fingerprint density at radius 2 is 1.62 bits per heavy atom. The molecule has 0 saturated carbocycles. The van der Waals surface area contributed by atoms with E-state index in [9.17, 15) is 14.4 Å². The molecule has 5 nitrogen and oxygen atoms in total. The Hall–Kier alpha value is -2.17. The molecule has 1 aromatic rings. The van der Waals surface area contributed by atoms with E-state index in [0.29, 0.717) is 31.5 Å². The van der Waals surface area contributed by atoms with E-state index in [1.807, 2.05) is 24.3 Å². The van der Waals surface area contributed by atoms with Crippen LogP contribution in [0, 0.1) is 0 Å². The second-order valence-electron chi connectivity index (χ2n) is 5.62. The molecule has 0 aromatic heterocycles. The summed E-state index contributed by atoms with van der Waals surface area (Å²) in [6, 6.07) is 7.89. The molecule has 5 heteroatoms. The van der Waals surface area contributed by atoms with Crippen LogP contribution in [0.4, 0.5) is 5.69 Å². The van der Waals surface area contributed by atoms with Gasteiger partial charge in [0.05, 0.1) is 5.92 Å². The fourth-order valence-electron chi connectivity index (χ4n) is 2.94. The van der Waals surface area contributed by atoms with E-state index in [1.165, 1.54) is 0 Å². The van der Waals surface area contributed by atoms with Gasteiger partial charge in [0.25, 0.3) is 0 Å². The van der Waals surface area contributed by atoms with Gasteiger partial charge in [-0.3, -0.25) is 19.7 Å². The number of nitrogens with one attached hydrogen (secondary N) is 1. The van der Waals surface area contributed by atoms with Gasteiger partial charge in [-0.25, -0.2) is 0 Å². The lowest BCUT2D eigenvalue weighted by Crippen LogP contribution is -2.39. The van der Waals surface area contributed by atoms with E-state index < -0.39 is 0 Å². The lowest BCUT2D eigenvalue weighted by molar-refractivity contribution is -0.134. The molecular formula is C16H18N2O3. The molecule has 2 aliphatic rings.